The zero-order valence-corrected chi connectivity index (χ0v) is 10.6. The fraction of sp³-hybridized carbons (Fsp3) is 0.308. The zero-order valence-electron chi connectivity index (χ0n) is 10.6. The van der Waals surface area contributed by atoms with Gasteiger partial charge < -0.3 is 16.2 Å². The van der Waals surface area contributed by atoms with Crippen molar-refractivity contribution in [2.45, 2.75) is 18.3 Å². The molecule has 1 heterocycles. The van der Waals surface area contributed by atoms with Crippen LogP contribution in [0.3, 0.4) is 0 Å². The number of nitrogens with zero attached hydrogens (tertiary/aromatic N) is 3. The van der Waals surface area contributed by atoms with Crippen LogP contribution < -0.4 is 16.2 Å². The number of hydrogen-bond acceptors (Lipinski definition) is 6. The van der Waals surface area contributed by atoms with E-state index < -0.39 is 0 Å². The molecule has 1 aromatic heterocycles. The van der Waals surface area contributed by atoms with Crippen LogP contribution in [0, 0.1) is 0 Å². The van der Waals surface area contributed by atoms with Crippen LogP contribution >= 0.6 is 0 Å². The molecule has 6 heteroatoms. The first-order valence-electron chi connectivity index (χ1n) is 6.06. The van der Waals surface area contributed by atoms with Crippen molar-refractivity contribution in [3.63, 3.8) is 0 Å². The van der Waals surface area contributed by atoms with Gasteiger partial charge in [0.05, 0.1) is 7.11 Å². The van der Waals surface area contributed by atoms with Gasteiger partial charge in [-0.1, -0.05) is 12.1 Å². The summed E-state index contributed by atoms with van der Waals surface area (Å²) in [4.78, 5) is 4.00. The Balaban J connectivity index is 2.02. The fourth-order valence-corrected chi connectivity index (χ4v) is 2.39. The van der Waals surface area contributed by atoms with Gasteiger partial charge in [0.15, 0.2) is 5.82 Å². The maximum Gasteiger partial charge on any atom is 0.242 e. The number of hydrogen-bond donors (Lipinski definition) is 2. The van der Waals surface area contributed by atoms with Crippen LogP contribution in [0.4, 0.5) is 11.8 Å². The summed E-state index contributed by atoms with van der Waals surface area (Å²) in [6, 6.07) is 7.93. The van der Waals surface area contributed by atoms with Crippen molar-refractivity contribution < 1.29 is 4.74 Å². The summed E-state index contributed by atoms with van der Waals surface area (Å²) in [7, 11) is 1.65. The summed E-state index contributed by atoms with van der Waals surface area (Å²) in [5.74, 6) is 1.29. The number of aromatic nitrogens is 3. The SMILES string of the molecule is COc1ccc(C2(c3nnc(N)nc3N)CC2)cc1. The highest BCUT2D eigenvalue weighted by Crippen LogP contribution is 2.54. The summed E-state index contributed by atoms with van der Waals surface area (Å²) in [5.41, 5.74) is 13.1. The summed E-state index contributed by atoms with van der Waals surface area (Å²) >= 11 is 0. The quantitative estimate of drug-likeness (QED) is 0.854. The maximum absolute atomic E-state index is 5.92. The molecule has 2 aromatic rings. The minimum Gasteiger partial charge on any atom is -0.497 e. The minimum absolute atomic E-state index is 0.104. The highest BCUT2D eigenvalue weighted by molar-refractivity contribution is 5.52. The van der Waals surface area contributed by atoms with E-state index in [0.29, 0.717) is 11.5 Å². The van der Waals surface area contributed by atoms with Crippen molar-refractivity contribution in [2.75, 3.05) is 18.6 Å². The number of rotatable bonds is 3. The van der Waals surface area contributed by atoms with E-state index in [9.17, 15) is 0 Å². The summed E-state index contributed by atoms with van der Waals surface area (Å²) < 4.78 is 5.17. The average molecular weight is 257 g/mol. The van der Waals surface area contributed by atoms with E-state index in [1.165, 1.54) is 0 Å². The van der Waals surface area contributed by atoms with Crippen LogP contribution in [0.15, 0.2) is 24.3 Å². The second-order valence-corrected chi connectivity index (χ2v) is 4.71. The van der Waals surface area contributed by atoms with Gasteiger partial charge in [-0.15, -0.1) is 10.2 Å². The Morgan fingerprint density at radius 2 is 1.79 bits per heavy atom. The van der Waals surface area contributed by atoms with E-state index in [1.807, 2.05) is 24.3 Å². The lowest BCUT2D eigenvalue weighted by atomic mass is 9.92. The molecule has 19 heavy (non-hydrogen) atoms. The normalized spacial score (nSPS) is 16.1. The molecule has 0 bridgehead atoms. The molecule has 1 aromatic carbocycles. The Labute approximate surface area is 110 Å². The minimum atomic E-state index is -0.163. The summed E-state index contributed by atoms with van der Waals surface area (Å²) in [5, 5.41) is 7.95. The van der Waals surface area contributed by atoms with E-state index in [-0.39, 0.29) is 11.4 Å². The van der Waals surface area contributed by atoms with E-state index in [0.717, 1.165) is 24.2 Å². The van der Waals surface area contributed by atoms with Gasteiger partial charge in [0.25, 0.3) is 0 Å². The highest BCUT2D eigenvalue weighted by Gasteiger charge is 2.49. The third-order valence-corrected chi connectivity index (χ3v) is 3.58. The molecule has 1 aliphatic rings. The first kappa shape index (κ1) is 11.7. The van der Waals surface area contributed by atoms with Crippen LogP contribution in [0.1, 0.15) is 24.1 Å². The van der Waals surface area contributed by atoms with Crippen LogP contribution in [0.25, 0.3) is 0 Å². The van der Waals surface area contributed by atoms with E-state index in [4.69, 9.17) is 16.2 Å². The van der Waals surface area contributed by atoms with Crippen LogP contribution in [-0.4, -0.2) is 22.3 Å². The van der Waals surface area contributed by atoms with Gasteiger partial charge in [0.2, 0.25) is 5.95 Å². The molecule has 0 atom stereocenters. The first-order chi connectivity index (χ1) is 9.15. The van der Waals surface area contributed by atoms with Gasteiger partial charge in [-0.05, 0) is 30.5 Å². The molecule has 1 saturated carbocycles. The molecule has 0 saturated heterocycles. The molecule has 0 spiro atoms. The molecule has 0 radical (unpaired) electrons. The Hall–Kier alpha value is -2.37. The molecule has 4 N–H and O–H groups in total. The van der Waals surface area contributed by atoms with Crippen molar-refractivity contribution in [1.82, 2.24) is 15.2 Å². The average Bonchev–Trinajstić information content (AvgIpc) is 3.20. The first-order valence-corrected chi connectivity index (χ1v) is 6.06. The van der Waals surface area contributed by atoms with Gasteiger partial charge >= 0.3 is 0 Å². The molecular weight excluding hydrogens is 242 g/mol. The van der Waals surface area contributed by atoms with Gasteiger partial charge in [-0.3, -0.25) is 0 Å². The molecule has 1 fully saturated rings. The second kappa shape index (κ2) is 4.08. The number of ether oxygens (including phenoxy) is 1. The Morgan fingerprint density at radius 1 is 1.11 bits per heavy atom. The van der Waals surface area contributed by atoms with Gasteiger partial charge in [0, 0.05) is 5.41 Å². The Bertz CT molecular complexity index is 607. The summed E-state index contributed by atoms with van der Waals surface area (Å²) in [6.45, 7) is 0. The van der Waals surface area contributed by atoms with Crippen molar-refractivity contribution in [1.29, 1.82) is 0 Å². The van der Waals surface area contributed by atoms with Crippen LogP contribution in [0.5, 0.6) is 5.75 Å². The molecule has 1 aliphatic carbocycles. The predicted octanol–water partition coefficient (Wildman–Crippen LogP) is 1.12. The Morgan fingerprint density at radius 3 is 2.32 bits per heavy atom. The predicted molar refractivity (Wildman–Crippen MR) is 71.7 cm³/mol. The maximum atomic E-state index is 5.92. The third-order valence-electron chi connectivity index (χ3n) is 3.58. The molecule has 0 amide bonds. The molecule has 0 aliphatic heterocycles. The van der Waals surface area contributed by atoms with Gasteiger partial charge in [0.1, 0.15) is 11.4 Å². The number of nitrogens with two attached hydrogens (primary N) is 2. The number of methoxy groups -OCH3 is 1. The Kier molecular flexibility index (Phi) is 2.51. The lowest BCUT2D eigenvalue weighted by Gasteiger charge is -2.16. The standard InChI is InChI=1S/C13H15N5O/c1-19-9-4-2-8(3-5-9)13(6-7-13)10-11(14)16-12(15)18-17-10/h2-5H,6-7H2,1H3,(H4,14,15,16,18). The topological polar surface area (TPSA) is 99.9 Å². The monoisotopic (exact) mass is 257 g/mol. The third kappa shape index (κ3) is 1.85. The second-order valence-electron chi connectivity index (χ2n) is 4.71. The molecule has 0 unspecified atom stereocenters. The molecule has 98 valence electrons. The van der Waals surface area contributed by atoms with Gasteiger partial charge in [-0.25, -0.2) is 0 Å². The van der Waals surface area contributed by atoms with Crippen LogP contribution in [0.2, 0.25) is 0 Å². The van der Waals surface area contributed by atoms with Gasteiger partial charge in [-0.2, -0.15) is 4.98 Å². The number of nitrogen functional groups attached to an aromatic ring is 2. The number of anilines is 2. The van der Waals surface area contributed by atoms with Crippen LogP contribution in [-0.2, 0) is 5.41 Å². The smallest absolute Gasteiger partial charge is 0.242 e. The largest absolute Gasteiger partial charge is 0.497 e. The van der Waals surface area contributed by atoms with Crippen molar-refractivity contribution in [3.8, 4) is 5.75 Å². The lowest BCUT2D eigenvalue weighted by molar-refractivity contribution is 0.414. The number of benzene rings is 1. The molecule has 3 rings (SSSR count). The molecular formula is C13H15N5O. The van der Waals surface area contributed by atoms with E-state index >= 15 is 0 Å². The van der Waals surface area contributed by atoms with Crippen molar-refractivity contribution >= 4 is 11.8 Å². The lowest BCUT2D eigenvalue weighted by Crippen LogP contribution is -2.17. The van der Waals surface area contributed by atoms with Crippen molar-refractivity contribution in [2.24, 2.45) is 0 Å². The molecule has 6 nitrogen and oxygen atoms in total. The van der Waals surface area contributed by atoms with E-state index in [1.54, 1.807) is 7.11 Å². The highest BCUT2D eigenvalue weighted by atomic mass is 16.5. The summed E-state index contributed by atoms with van der Waals surface area (Å²) in [6.07, 6.45) is 1.98. The zero-order chi connectivity index (χ0) is 13.5. The van der Waals surface area contributed by atoms with E-state index in [2.05, 4.69) is 15.2 Å². The fourth-order valence-electron chi connectivity index (χ4n) is 2.39. The van der Waals surface area contributed by atoms with Crippen molar-refractivity contribution in [3.05, 3.63) is 35.5 Å².